The van der Waals surface area contributed by atoms with E-state index in [9.17, 15) is 59.1 Å². The second-order valence-corrected chi connectivity index (χ2v) is 13.6. The predicted octanol–water partition coefficient (Wildman–Crippen LogP) is 0.0514. The van der Waals surface area contributed by atoms with E-state index in [1.165, 1.54) is 31.2 Å². The van der Waals surface area contributed by atoms with Gasteiger partial charge in [0.25, 0.3) is 23.6 Å². The highest BCUT2D eigenvalue weighted by Gasteiger charge is 2.35. The van der Waals surface area contributed by atoms with Gasteiger partial charge < -0.3 is 75.2 Å². The summed E-state index contributed by atoms with van der Waals surface area (Å²) in [5, 5.41) is 60.4. The van der Waals surface area contributed by atoms with Gasteiger partial charge in [0.2, 0.25) is 0 Å². The van der Waals surface area contributed by atoms with Crippen LogP contribution in [0.4, 0.5) is 0 Å². The van der Waals surface area contributed by atoms with Crippen molar-refractivity contribution < 1.29 is 87.5 Å². The number of carbonyl (C=O) groups excluding carboxylic acids is 7. The van der Waals surface area contributed by atoms with Crippen molar-refractivity contribution in [3.63, 3.8) is 0 Å². The molecule has 1 heterocycles. The summed E-state index contributed by atoms with van der Waals surface area (Å²) in [5.74, 6) is -11.8. The summed E-state index contributed by atoms with van der Waals surface area (Å²) in [4.78, 5) is 93.1. The van der Waals surface area contributed by atoms with Crippen molar-refractivity contribution in [3.8, 4) is 28.7 Å². The third-order valence-electron chi connectivity index (χ3n) is 8.98. The van der Waals surface area contributed by atoms with Gasteiger partial charge in [0.1, 0.15) is 25.6 Å². The molecule has 1 fully saturated rings. The number of aromatic hydroxyl groups is 5. The molecular weight excluding hydrogens is 836 g/mol. The van der Waals surface area contributed by atoms with Crippen molar-refractivity contribution in [2.75, 3.05) is 66.0 Å². The lowest BCUT2D eigenvalue weighted by Crippen LogP contribution is -2.52. The van der Waals surface area contributed by atoms with Crippen molar-refractivity contribution in [2.45, 2.75) is 38.4 Å². The van der Waals surface area contributed by atoms with Crippen LogP contribution in [0.5, 0.6) is 28.7 Å². The molecular formula is C41H48N4O18. The maximum absolute atomic E-state index is 13.6. The molecule has 1 saturated heterocycles. The molecule has 0 spiro atoms. The number of ether oxygens (including phenoxy) is 6. The Bertz CT molecular complexity index is 2080. The molecule has 22 nitrogen and oxygen atoms in total. The molecule has 63 heavy (non-hydrogen) atoms. The molecule has 9 N–H and O–H groups in total. The summed E-state index contributed by atoms with van der Waals surface area (Å²) in [6.07, 6.45) is 0.893. The van der Waals surface area contributed by atoms with Crippen molar-refractivity contribution in [1.29, 1.82) is 0 Å². The first-order valence-electron chi connectivity index (χ1n) is 19.4. The average molecular weight is 885 g/mol. The summed E-state index contributed by atoms with van der Waals surface area (Å²) in [5.41, 5.74) is -1.47. The van der Waals surface area contributed by atoms with Crippen LogP contribution in [0.25, 0.3) is 0 Å². The number of para-hydroxylation sites is 1. The summed E-state index contributed by atoms with van der Waals surface area (Å²) >= 11 is 0. The number of esters is 3. The van der Waals surface area contributed by atoms with E-state index >= 15 is 0 Å². The number of hydrogen-bond donors (Lipinski definition) is 9. The van der Waals surface area contributed by atoms with Crippen molar-refractivity contribution >= 4 is 41.5 Å². The molecule has 3 atom stereocenters. The minimum Gasteiger partial charge on any atom is -0.508 e. The number of cyclic esters (lactones) is 3. The van der Waals surface area contributed by atoms with Gasteiger partial charge in [0, 0.05) is 29.8 Å². The van der Waals surface area contributed by atoms with Crippen LogP contribution in [0, 0.1) is 6.92 Å². The van der Waals surface area contributed by atoms with Gasteiger partial charge in [-0.15, -0.1) is 0 Å². The molecule has 0 bridgehead atoms. The Balaban J connectivity index is 1.51. The topological polar surface area (TPSA) is 324 Å². The predicted molar refractivity (Wildman–Crippen MR) is 214 cm³/mol. The fraction of sp³-hybridized carbons (Fsp3) is 0.390. The molecule has 340 valence electrons. The quantitative estimate of drug-likeness (QED) is 0.0353. The summed E-state index contributed by atoms with van der Waals surface area (Å²) in [6, 6.07) is 3.53. The first-order valence-corrected chi connectivity index (χ1v) is 19.4. The van der Waals surface area contributed by atoms with E-state index in [4.69, 9.17) is 28.4 Å². The Morgan fingerprint density at radius 3 is 1.56 bits per heavy atom. The molecule has 0 radical (unpaired) electrons. The van der Waals surface area contributed by atoms with E-state index in [0.29, 0.717) is 19.8 Å². The maximum atomic E-state index is 13.6. The Morgan fingerprint density at radius 1 is 0.571 bits per heavy atom. The number of carbonyl (C=O) groups is 7. The number of benzene rings is 3. The Morgan fingerprint density at radius 2 is 1.02 bits per heavy atom. The fourth-order valence-corrected chi connectivity index (χ4v) is 5.54. The van der Waals surface area contributed by atoms with Gasteiger partial charge in [-0.3, -0.25) is 19.2 Å². The molecule has 3 aromatic rings. The third-order valence-corrected chi connectivity index (χ3v) is 8.98. The van der Waals surface area contributed by atoms with Crippen LogP contribution >= 0.6 is 0 Å². The van der Waals surface area contributed by atoms with Crippen LogP contribution < -0.4 is 21.3 Å². The SMILES string of the molecule is CCCOCCOCCOCCNC(=O)c1cc(O)c(O)c(C(=O)N[C@H]2COC(=O)[C@@H](NC(=O)c3cccc(O)c3C)COC(=O)[C@@H](NC(=O)c3cccc(O)c3O)COC2=O)c1. The first-order chi connectivity index (χ1) is 30.1. The van der Waals surface area contributed by atoms with Crippen LogP contribution in [0.1, 0.15) is 60.3 Å². The minimum atomic E-state index is -1.95. The van der Waals surface area contributed by atoms with E-state index < -0.39 is 114 Å². The standard InChI is InChI=1S/C41H48N4O18/c1-3-11-58-13-15-60-16-14-59-12-10-42-35(51)23-17-26(34(50)32(48)18-23)38(54)45-29-21-63-39(55)27(43-36(52)24-6-4-8-30(46)22(24)2)19-61-40(56)28(20-62-41(29)57)44-37(53)25-7-5-9-31(47)33(25)49/h4-9,17-18,27-29,46-50H,3,10-16,19-21H2,1-2H3,(H,42,51)(H,43,52)(H,44,53)(H,45,54)/t27-,28-,29-/m0/s1. The molecule has 22 heteroatoms. The molecule has 4 amide bonds. The first kappa shape index (κ1) is 48.5. The van der Waals surface area contributed by atoms with E-state index in [1.807, 2.05) is 6.92 Å². The highest BCUT2D eigenvalue weighted by molar-refractivity contribution is 6.04. The number of rotatable bonds is 18. The fourth-order valence-electron chi connectivity index (χ4n) is 5.54. The molecule has 4 rings (SSSR count). The molecule has 0 aromatic heterocycles. The zero-order valence-electron chi connectivity index (χ0n) is 34.2. The molecule has 3 aromatic carbocycles. The molecule has 0 saturated carbocycles. The number of nitrogens with one attached hydrogen (secondary N) is 4. The van der Waals surface area contributed by atoms with E-state index in [2.05, 4.69) is 21.3 Å². The molecule has 1 aliphatic heterocycles. The maximum Gasteiger partial charge on any atom is 0.332 e. The molecule has 0 unspecified atom stereocenters. The van der Waals surface area contributed by atoms with Crippen LogP contribution in [0.3, 0.4) is 0 Å². The Kier molecular flexibility index (Phi) is 18.3. The molecule has 0 aliphatic carbocycles. The average Bonchev–Trinajstić information content (AvgIpc) is 3.26. The van der Waals surface area contributed by atoms with Gasteiger partial charge in [-0.2, -0.15) is 0 Å². The normalized spacial score (nSPS) is 16.9. The smallest absolute Gasteiger partial charge is 0.332 e. The van der Waals surface area contributed by atoms with Crippen LogP contribution in [0.15, 0.2) is 48.5 Å². The number of amides is 4. The monoisotopic (exact) mass is 884 g/mol. The van der Waals surface area contributed by atoms with Gasteiger partial charge in [-0.05, 0) is 49.7 Å². The number of hydrogen-bond acceptors (Lipinski definition) is 18. The van der Waals surface area contributed by atoms with Crippen LogP contribution in [0.2, 0.25) is 0 Å². The van der Waals surface area contributed by atoms with Crippen LogP contribution in [-0.4, -0.2) is 151 Å². The highest BCUT2D eigenvalue weighted by Crippen LogP contribution is 2.31. The van der Waals surface area contributed by atoms with Gasteiger partial charge in [0.05, 0.1) is 44.2 Å². The van der Waals surface area contributed by atoms with Crippen LogP contribution in [-0.2, 0) is 42.8 Å². The minimum absolute atomic E-state index is 0.000253. The lowest BCUT2D eigenvalue weighted by atomic mass is 10.1. The van der Waals surface area contributed by atoms with E-state index in [1.54, 1.807) is 0 Å². The summed E-state index contributed by atoms with van der Waals surface area (Å²) in [7, 11) is 0. The lowest BCUT2D eigenvalue weighted by Gasteiger charge is -2.25. The second kappa shape index (κ2) is 23.7. The third kappa shape index (κ3) is 13.9. The summed E-state index contributed by atoms with van der Waals surface area (Å²) < 4.78 is 31.7. The lowest BCUT2D eigenvalue weighted by molar-refractivity contribution is -0.160. The van der Waals surface area contributed by atoms with Gasteiger partial charge in [-0.1, -0.05) is 19.1 Å². The van der Waals surface area contributed by atoms with E-state index in [-0.39, 0.29) is 48.8 Å². The molecule has 1 aliphatic rings. The Labute approximate surface area is 359 Å². The zero-order chi connectivity index (χ0) is 46.1. The number of phenolic OH excluding ortho intramolecular Hbond substituents is 5. The van der Waals surface area contributed by atoms with Gasteiger partial charge in [0.15, 0.2) is 41.1 Å². The van der Waals surface area contributed by atoms with Crippen molar-refractivity contribution in [3.05, 3.63) is 76.3 Å². The number of phenols is 5. The van der Waals surface area contributed by atoms with Gasteiger partial charge in [-0.25, -0.2) is 14.4 Å². The summed E-state index contributed by atoms with van der Waals surface area (Å²) in [6.45, 7) is 2.54. The highest BCUT2D eigenvalue weighted by atomic mass is 16.6. The largest absolute Gasteiger partial charge is 0.508 e. The van der Waals surface area contributed by atoms with Crippen molar-refractivity contribution in [2.24, 2.45) is 0 Å². The zero-order valence-corrected chi connectivity index (χ0v) is 34.2. The second-order valence-electron chi connectivity index (χ2n) is 13.6. The van der Waals surface area contributed by atoms with E-state index in [0.717, 1.165) is 30.7 Å². The Hall–Kier alpha value is -7.17. The van der Waals surface area contributed by atoms with Crippen molar-refractivity contribution in [1.82, 2.24) is 21.3 Å². The van der Waals surface area contributed by atoms with Gasteiger partial charge >= 0.3 is 17.9 Å².